The van der Waals surface area contributed by atoms with Crippen LogP contribution in [0.15, 0.2) is 12.1 Å². The fraction of sp³-hybridized carbons (Fsp3) is 0.600. The maximum Gasteiger partial charge on any atom is 0.0389 e. The quantitative estimate of drug-likeness (QED) is 0.753. The molecule has 0 aliphatic carbocycles. The van der Waals surface area contributed by atoms with E-state index in [1.54, 1.807) is 5.56 Å². The van der Waals surface area contributed by atoms with E-state index >= 15 is 0 Å². The molecule has 0 radical (unpaired) electrons. The van der Waals surface area contributed by atoms with Gasteiger partial charge in [-0.1, -0.05) is 52.8 Å². The normalized spacial score (nSPS) is 12.9. The van der Waals surface area contributed by atoms with Crippen LogP contribution in [-0.4, -0.2) is 17.3 Å². The second-order valence-electron chi connectivity index (χ2n) is 6.93. The summed E-state index contributed by atoms with van der Waals surface area (Å²) in [5.41, 5.74) is 4.71. The minimum absolute atomic E-state index is 0.182. The molecule has 0 bridgehead atoms. The van der Waals surface area contributed by atoms with E-state index in [2.05, 4.69) is 59.0 Å². The van der Waals surface area contributed by atoms with Crippen LogP contribution in [0.4, 0.5) is 5.69 Å². The third-order valence-corrected chi connectivity index (χ3v) is 4.02. The molecule has 1 nitrogen and oxygen atoms in total. The SMILES string of the molecule is CNc1ccc([SiH3])c(C(C)(C)C)c1C(C)(C)C. The van der Waals surface area contributed by atoms with Gasteiger partial charge in [-0.05, 0) is 28.0 Å². The second kappa shape index (κ2) is 4.49. The molecule has 1 aromatic rings. The van der Waals surface area contributed by atoms with Crippen molar-refractivity contribution in [2.75, 3.05) is 12.4 Å². The van der Waals surface area contributed by atoms with Crippen molar-refractivity contribution < 1.29 is 0 Å². The highest BCUT2D eigenvalue weighted by Crippen LogP contribution is 2.37. The molecule has 0 saturated heterocycles. The predicted octanol–water partition coefficient (Wildman–Crippen LogP) is 2.31. The monoisotopic (exact) mass is 249 g/mol. The highest BCUT2D eigenvalue weighted by Gasteiger charge is 2.28. The first kappa shape index (κ1) is 14.3. The van der Waals surface area contributed by atoms with Gasteiger partial charge in [0.05, 0.1) is 0 Å². The van der Waals surface area contributed by atoms with Crippen molar-refractivity contribution in [2.24, 2.45) is 0 Å². The van der Waals surface area contributed by atoms with Crippen LogP contribution in [0.5, 0.6) is 0 Å². The summed E-state index contributed by atoms with van der Waals surface area (Å²) < 4.78 is 0. The van der Waals surface area contributed by atoms with Crippen LogP contribution in [0, 0.1) is 0 Å². The molecule has 0 heterocycles. The third kappa shape index (κ3) is 2.92. The van der Waals surface area contributed by atoms with Crippen LogP contribution in [0.2, 0.25) is 0 Å². The van der Waals surface area contributed by atoms with Gasteiger partial charge in [0.2, 0.25) is 0 Å². The Balaban J connectivity index is 3.67. The first-order valence-electron chi connectivity index (χ1n) is 6.41. The van der Waals surface area contributed by atoms with Gasteiger partial charge in [0.1, 0.15) is 0 Å². The van der Waals surface area contributed by atoms with E-state index in [0.717, 1.165) is 10.2 Å². The van der Waals surface area contributed by atoms with Crippen LogP contribution in [0.3, 0.4) is 0 Å². The zero-order chi connectivity index (χ0) is 13.4. The van der Waals surface area contributed by atoms with Gasteiger partial charge in [0, 0.05) is 23.0 Å². The molecule has 0 saturated carbocycles. The number of benzene rings is 1. The van der Waals surface area contributed by atoms with Crippen molar-refractivity contribution in [3.63, 3.8) is 0 Å². The topological polar surface area (TPSA) is 12.0 Å². The number of hydrogen-bond donors (Lipinski definition) is 1. The first-order chi connectivity index (χ1) is 7.59. The Morgan fingerprint density at radius 2 is 1.35 bits per heavy atom. The van der Waals surface area contributed by atoms with E-state index in [4.69, 9.17) is 0 Å². The molecule has 96 valence electrons. The highest BCUT2D eigenvalue weighted by molar-refractivity contribution is 6.33. The fourth-order valence-corrected chi connectivity index (χ4v) is 3.83. The van der Waals surface area contributed by atoms with Crippen molar-refractivity contribution in [1.82, 2.24) is 0 Å². The van der Waals surface area contributed by atoms with Crippen LogP contribution in [0.25, 0.3) is 0 Å². The second-order valence-corrected chi connectivity index (χ2v) is 8.01. The van der Waals surface area contributed by atoms with Crippen molar-refractivity contribution >= 4 is 21.1 Å². The Morgan fingerprint density at radius 3 is 1.71 bits per heavy atom. The fourth-order valence-electron chi connectivity index (χ4n) is 2.66. The van der Waals surface area contributed by atoms with Crippen molar-refractivity contribution in [2.45, 2.75) is 52.4 Å². The Morgan fingerprint density at radius 1 is 0.882 bits per heavy atom. The summed E-state index contributed by atoms with van der Waals surface area (Å²) in [5.74, 6) is 0. The molecule has 2 heteroatoms. The lowest BCUT2D eigenvalue weighted by atomic mass is 9.74. The van der Waals surface area contributed by atoms with Crippen molar-refractivity contribution in [3.8, 4) is 0 Å². The Labute approximate surface area is 109 Å². The van der Waals surface area contributed by atoms with E-state index in [1.165, 1.54) is 16.4 Å². The number of hydrogen-bond acceptors (Lipinski definition) is 1. The average molecular weight is 249 g/mol. The van der Waals surface area contributed by atoms with Gasteiger partial charge in [-0.15, -0.1) is 0 Å². The smallest absolute Gasteiger partial charge is 0.0389 e. The van der Waals surface area contributed by atoms with Crippen LogP contribution < -0.4 is 10.5 Å². The molecule has 1 aromatic carbocycles. The van der Waals surface area contributed by atoms with Gasteiger partial charge in [-0.25, -0.2) is 0 Å². The van der Waals surface area contributed by atoms with Crippen LogP contribution in [0.1, 0.15) is 52.7 Å². The predicted molar refractivity (Wildman–Crippen MR) is 83.0 cm³/mol. The lowest BCUT2D eigenvalue weighted by Crippen LogP contribution is -2.31. The molecule has 0 spiro atoms. The molecule has 0 aliphatic rings. The maximum atomic E-state index is 3.36. The highest BCUT2D eigenvalue weighted by atomic mass is 28.1. The van der Waals surface area contributed by atoms with Crippen molar-refractivity contribution in [1.29, 1.82) is 0 Å². The summed E-state index contributed by atoms with van der Waals surface area (Å²) in [6, 6.07) is 4.52. The van der Waals surface area contributed by atoms with E-state index < -0.39 is 0 Å². The molecule has 0 aliphatic heterocycles. The van der Waals surface area contributed by atoms with E-state index in [0.29, 0.717) is 0 Å². The summed E-state index contributed by atoms with van der Waals surface area (Å²) in [4.78, 5) is 0. The van der Waals surface area contributed by atoms with Gasteiger partial charge in [0.15, 0.2) is 0 Å². The van der Waals surface area contributed by atoms with E-state index in [-0.39, 0.29) is 10.8 Å². The Kier molecular flexibility index (Phi) is 3.77. The third-order valence-electron chi connectivity index (χ3n) is 3.18. The van der Waals surface area contributed by atoms with Gasteiger partial charge < -0.3 is 5.32 Å². The maximum absolute atomic E-state index is 3.36. The van der Waals surface area contributed by atoms with Crippen LogP contribution in [-0.2, 0) is 10.8 Å². The lowest BCUT2D eigenvalue weighted by molar-refractivity contribution is 0.534. The summed E-state index contributed by atoms with van der Waals surface area (Å²) >= 11 is 0. The van der Waals surface area contributed by atoms with E-state index in [1.807, 2.05) is 7.05 Å². The zero-order valence-corrected chi connectivity index (χ0v) is 14.7. The Hall–Kier alpha value is -0.763. The largest absolute Gasteiger partial charge is 0.388 e. The molecule has 1 N–H and O–H groups in total. The van der Waals surface area contributed by atoms with Gasteiger partial charge in [0.25, 0.3) is 0 Å². The summed E-state index contributed by atoms with van der Waals surface area (Å²) in [5, 5.41) is 4.89. The molecule has 0 aromatic heterocycles. The standard InChI is InChI=1S/C15H27NSi/c1-14(2,3)12-10(16-7)8-9-11(17)13(12)15(4,5)6/h8-9,16H,1-7,17H3. The lowest BCUT2D eigenvalue weighted by Gasteiger charge is -2.34. The van der Waals surface area contributed by atoms with E-state index in [9.17, 15) is 0 Å². The van der Waals surface area contributed by atoms with Gasteiger partial charge in [-0.2, -0.15) is 0 Å². The zero-order valence-electron chi connectivity index (χ0n) is 12.7. The molecular formula is C15H27NSi. The molecule has 1 rings (SSSR count). The number of anilines is 1. The minimum Gasteiger partial charge on any atom is -0.388 e. The molecule has 0 fully saturated rings. The minimum atomic E-state index is 0.182. The van der Waals surface area contributed by atoms with Gasteiger partial charge >= 0.3 is 0 Å². The summed E-state index contributed by atoms with van der Waals surface area (Å²) in [6.45, 7) is 13.9. The average Bonchev–Trinajstić information content (AvgIpc) is 2.13. The van der Waals surface area contributed by atoms with Gasteiger partial charge in [-0.3, -0.25) is 0 Å². The van der Waals surface area contributed by atoms with Crippen molar-refractivity contribution in [3.05, 3.63) is 23.3 Å². The summed E-state index contributed by atoms with van der Waals surface area (Å²) in [7, 11) is 3.13. The summed E-state index contributed by atoms with van der Waals surface area (Å²) in [6.07, 6.45) is 0. The first-order valence-corrected chi connectivity index (χ1v) is 7.41. The van der Waals surface area contributed by atoms with Crippen LogP contribution >= 0.6 is 0 Å². The number of rotatable bonds is 1. The molecule has 17 heavy (non-hydrogen) atoms. The Bertz CT molecular complexity index is 408. The molecule has 0 unspecified atom stereocenters. The molecule has 0 atom stereocenters. The molecular weight excluding hydrogens is 222 g/mol. The number of nitrogens with one attached hydrogen (secondary N) is 1. The molecule has 0 amide bonds.